The molecule has 0 saturated carbocycles. The van der Waals surface area contributed by atoms with Gasteiger partial charge in [-0.1, -0.05) is 78.9 Å². The Hall–Kier alpha value is -2.87. The van der Waals surface area contributed by atoms with Crippen LogP contribution in [0.3, 0.4) is 0 Å². The van der Waals surface area contributed by atoms with Crippen molar-refractivity contribution >= 4 is 5.97 Å². The predicted molar refractivity (Wildman–Crippen MR) is 94.0 cm³/mol. The van der Waals surface area contributed by atoms with E-state index >= 15 is 0 Å². The molecule has 3 aromatic carbocycles. The molecule has 3 aromatic rings. The monoisotopic (exact) mass is 314 g/mol. The fourth-order valence-corrected chi connectivity index (χ4v) is 3.58. The molecule has 1 aliphatic heterocycles. The molecule has 0 fully saturated rings. The number of cyclic esters (lactones) is 1. The second kappa shape index (κ2) is 5.64. The molecule has 4 rings (SSSR count). The molecule has 0 N–H and O–H groups in total. The Labute approximate surface area is 141 Å². The van der Waals surface area contributed by atoms with E-state index in [0.29, 0.717) is 12.0 Å². The number of hydrogen-bond donors (Lipinski definition) is 0. The van der Waals surface area contributed by atoms with Crippen LogP contribution in [0.15, 0.2) is 78.9 Å². The fraction of sp³-hybridized carbons (Fsp3) is 0.136. The van der Waals surface area contributed by atoms with Crippen molar-refractivity contribution in [2.24, 2.45) is 0 Å². The number of rotatable bonds is 3. The first-order valence-electron chi connectivity index (χ1n) is 8.13. The lowest BCUT2D eigenvalue weighted by Gasteiger charge is -2.30. The zero-order valence-corrected chi connectivity index (χ0v) is 13.5. The van der Waals surface area contributed by atoms with Crippen LogP contribution in [0.4, 0.5) is 0 Å². The van der Waals surface area contributed by atoms with Crippen LogP contribution in [0.5, 0.6) is 0 Å². The first-order valence-corrected chi connectivity index (χ1v) is 8.13. The summed E-state index contributed by atoms with van der Waals surface area (Å²) in [6, 6.07) is 26.2. The molecule has 0 spiro atoms. The van der Waals surface area contributed by atoms with Crippen molar-refractivity contribution in [1.82, 2.24) is 0 Å². The zero-order chi connectivity index (χ0) is 16.6. The van der Waals surface area contributed by atoms with E-state index in [1.54, 1.807) is 0 Å². The van der Waals surface area contributed by atoms with Crippen LogP contribution in [0.25, 0.3) is 0 Å². The van der Waals surface area contributed by atoms with Gasteiger partial charge < -0.3 is 4.74 Å². The van der Waals surface area contributed by atoms with Crippen molar-refractivity contribution in [2.75, 3.05) is 0 Å². The van der Waals surface area contributed by atoms with E-state index < -0.39 is 5.60 Å². The van der Waals surface area contributed by atoms with E-state index in [2.05, 4.69) is 12.1 Å². The molecule has 2 heteroatoms. The molecule has 1 atom stereocenters. The van der Waals surface area contributed by atoms with Gasteiger partial charge in [0.25, 0.3) is 0 Å². The fourth-order valence-electron chi connectivity index (χ4n) is 3.58. The molecular weight excluding hydrogens is 296 g/mol. The third-order valence-corrected chi connectivity index (χ3v) is 4.71. The Bertz CT molecular complexity index is 884. The summed E-state index contributed by atoms with van der Waals surface area (Å²) < 4.78 is 6.05. The molecule has 1 heterocycles. The van der Waals surface area contributed by atoms with Crippen LogP contribution >= 0.6 is 0 Å². The highest BCUT2D eigenvalue weighted by atomic mass is 16.6. The summed E-state index contributed by atoms with van der Waals surface area (Å²) in [5.74, 6) is -0.233. The van der Waals surface area contributed by atoms with Crippen molar-refractivity contribution in [3.63, 3.8) is 0 Å². The zero-order valence-electron chi connectivity index (χ0n) is 13.5. The molecule has 1 unspecified atom stereocenters. The van der Waals surface area contributed by atoms with Gasteiger partial charge in [0.1, 0.15) is 0 Å². The van der Waals surface area contributed by atoms with Crippen molar-refractivity contribution < 1.29 is 9.53 Å². The minimum atomic E-state index is -0.763. The van der Waals surface area contributed by atoms with Gasteiger partial charge in [0, 0.05) is 17.5 Å². The van der Waals surface area contributed by atoms with Crippen LogP contribution in [-0.2, 0) is 16.8 Å². The maximum atomic E-state index is 12.6. The number of esters is 1. The van der Waals surface area contributed by atoms with Crippen molar-refractivity contribution in [3.05, 3.63) is 107 Å². The smallest absolute Gasteiger partial charge is 0.340 e. The van der Waals surface area contributed by atoms with Crippen molar-refractivity contribution in [3.8, 4) is 0 Å². The highest BCUT2D eigenvalue weighted by Gasteiger charge is 2.47. The SMILES string of the molecule is Cc1cccc2c1C(=O)OC2(Cc1ccccc1)c1ccccc1. The van der Waals surface area contributed by atoms with E-state index in [1.807, 2.05) is 73.7 Å². The Morgan fingerprint density at radius 1 is 0.833 bits per heavy atom. The molecule has 0 aromatic heterocycles. The van der Waals surface area contributed by atoms with Gasteiger partial charge in [-0.05, 0) is 18.1 Å². The second-order valence-electron chi connectivity index (χ2n) is 6.24. The third kappa shape index (κ3) is 2.23. The van der Waals surface area contributed by atoms with Gasteiger partial charge in [-0.25, -0.2) is 4.79 Å². The van der Waals surface area contributed by atoms with Crippen molar-refractivity contribution in [1.29, 1.82) is 0 Å². The molecule has 2 nitrogen and oxygen atoms in total. The normalized spacial score (nSPS) is 19.0. The molecule has 0 bridgehead atoms. The molecule has 0 radical (unpaired) electrons. The summed E-state index contributed by atoms with van der Waals surface area (Å²) in [5.41, 5.74) is 4.01. The number of carbonyl (C=O) groups is 1. The molecular formula is C22H18O2. The maximum Gasteiger partial charge on any atom is 0.340 e. The Morgan fingerprint density at radius 2 is 1.50 bits per heavy atom. The minimum Gasteiger partial charge on any atom is -0.445 e. The number of fused-ring (bicyclic) bond motifs is 1. The Kier molecular flexibility index (Phi) is 3.46. The van der Waals surface area contributed by atoms with Gasteiger partial charge in [-0.15, -0.1) is 0 Å². The number of ether oxygens (including phenoxy) is 1. The van der Waals surface area contributed by atoms with Gasteiger partial charge in [0.15, 0.2) is 5.60 Å². The molecule has 0 amide bonds. The number of carbonyl (C=O) groups excluding carboxylic acids is 1. The van der Waals surface area contributed by atoms with E-state index in [0.717, 1.165) is 22.3 Å². The molecule has 118 valence electrons. The lowest BCUT2D eigenvalue weighted by molar-refractivity contribution is 0.0108. The van der Waals surface area contributed by atoms with Crippen LogP contribution in [0.1, 0.15) is 32.6 Å². The van der Waals surface area contributed by atoms with Gasteiger partial charge in [-0.3, -0.25) is 0 Å². The summed E-state index contributed by atoms with van der Waals surface area (Å²) in [6.45, 7) is 1.96. The van der Waals surface area contributed by atoms with Crippen LogP contribution in [0.2, 0.25) is 0 Å². The van der Waals surface area contributed by atoms with Crippen LogP contribution < -0.4 is 0 Å². The minimum absolute atomic E-state index is 0.233. The standard InChI is InChI=1S/C22H18O2/c1-16-9-8-14-19-20(16)21(23)24-22(19,18-12-6-3-7-13-18)15-17-10-4-2-5-11-17/h2-14H,15H2,1H3. The van der Waals surface area contributed by atoms with Gasteiger partial charge in [0.05, 0.1) is 5.56 Å². The highest BCUT2D eigenvalue weighted by Crippen LogP contribution is 2.45. The summed E-state index contributed by atoms with van der Waals surface area (Å²) in [4.78, 5) is 12.6. The second-order valence-corrected chi connectivity index (χ2v) is 6.24. The highest BCUT2D eigenvalue weighted by molar-refractivity contribution is 5.97. The number of aryl methyl sites for hydroxylation is 1. The summed E-state index contributed by atoms with van der Waals surface area (Å²) in [5, 5.41) is 0. The summed E-state index contributed by atoms with van der Waals surface area (Å²) >= 11 is 0. The average molecular weight is 314 g/mol. The van der Waals surface area contributed by atoms with Gasteiger partial charge in [-0.2, -0.15) is 0 Å². The Balaban J connectivity index is 1.94. The lowest BCUT2D eigenvalue weighted by Crippen LogP contribution is -2.30. The molecule has 0 saturated heterocycles. The number of benzene rings is 3. The third-order valence-electron chi connectivity index (χ3n) is 4.71. The summed E-state index contributed by atoms with van der Waals surface area (Å²) in [7, 11) is 0. The first kappa shape index (κ1) is 14.7. The van der Waals surface area contributed by atoms with E-state index in [9.17, 15) is 4.79 Å². The van der Waals surface area contributed by atoms with E-state index in [1.165, 1.54) is 0 Å². The molecule has 0 aliphatic carbocycles. The molecule has 24 heavy (non-hydrogen) atoms. The topological polar surface area (TPSA) is 26.3 Å². The molecule has 1 aliphatic rings. The lowest BCUT2D eigenvalue weighted by atomic mass is 9.80. The van der Waals surface area contributed by atoms with Crippen LogP contribution in [0, 0.1) is 6.92 Å². The average Bonchev–Trinajstić information content (AvgIpc) is 2.91. The summed E-state index contributed by atoms with van der Waals surface area (Å²) in [6.07, 6.45) is 0.625. The van der Waals surface area contributed by atoms with Gasteiger partial charge in [0.2, 0.25) is 0 Å². The van der Waals surface area contributed by atoms with E-state index in [-0.39, 0.29) is 5.97 Å². The van der Waals surface area contributed by atoms with Crippen LogP contribution in [-0.4, -0.2) is 5.97 Å². The quantitative estimate of drug-likeness (QED) is 0.658. The predicted octanol–water partition coefficient (Wildman–Crippen LogP) is 4.65. The maximum absolute atomic E-state index is 12.6. The number of hydrogen-bond acceptors (Lipinski definition) is 2. The van der Waals surface area contributed by atoms with E-state index in [4.69, 9.17) is 4.74 Å². The van der Waals surface area contributed by atoms with Gasteiger partial charge >= 0.3 is 5.97 Å². The van der Waals surface area contributed by atoms with Crippen molar-refractivity contribution in [2.45, 2.75) is 18.9 Å². The largest absolute Gasteiger partial charge is 0.445 e. The Morgan fingerprint density at radius 3 is 2.21 bits per heavy atom. The first-order chi connectivity index (χ1) is 11.7.